The number of hydrogen-bond donors (Lipinski definition) is 3. The van der Waals surface area contributed by atoms with Crippen LogP contribution in [0.4, 0.5) is 4.79 Å². The van der Waals surface area contributed by atoms with Gasteiger partial charge < -0.3 is 25.6 Å². The van der Waals surface area contributed by atoms with Gasteiger partial charge in [0.1, 0.15) is 0 Å². The van der Waals surface area contributed by atoms with Crippen molar-refractivity contribution in [2.75, 3.05) is 46.4 Å². The zero-order valence-corrected chi connectivity index (χ0v) is 16.0. The molecular formula is C17H33ClN4O3. The van der Waals surface area contributed by atoms with Crippen molar-refractivity contribution in [3.63, 3.8) is 0 Å². The lowest BCUT2D eigenvalue weighted by Crippen LogP contribution is -2.51. The van der Waals surface area contributed by atoms with Crippen LogP contribution in [0.2, 0.25) is 0 Å². The molecule has 3 amide bonds. The Bertz CT molecular complexity index is 405. The minimum absolute atomic E-state index is 0. The van der Waals surface area contributed by atoms with E-state index < -0.39 is 0 Å². The van der Waals surface area contributed by atoms with Crippen LogP contribution in [0.3, 0.4) is 0 Å². The van der Waals surface area contributed by atoms with Crippen molar-refractivity contribution >= 4 is 24.3 Å². The third kappa shape index (κ3) is 7.79. The molecule has 0 spiro atoms. The van der Waals surface area contributed by atoms with Crippen molar-refractivity contribution < 1.29 is 14.3 Å². The van der Waals surface area contributed by atoms with Crippen molar-refractivity contribution in [3.05, 3.63) is 0 Å². The molecule has 0 radical (unpaired) electrons. The lowest BCUT2D eigenvalue weighted by molar-refractivity contribution is -0.126. The highest BCUT2D eigenvalue weighted by atomic mass is 35.5. The van der Waals surface area contributed by atoms with E-state index in [2.05, 4.69) is 16.0 Å². The summed E-state index contributed by atoms with van der Waals surface area (Å²) in [5.74, 6) is -0.0334. The summed E-state index contributed by atoms with van der Waals surface area (Å²) in [6.07, 6.45) is 6.32. The Hall–Kier alpha value is -1.05. The van der Waals surface area contributed by atoms with Gasteiger partial charge in [0.15, 0.2) is 0 Å². The molecule has 0 bridgehead atoms. The number of nitrogens with one attached hydrogen (secondary N) is 3. The van der Waals surface area contributed by atoms with Crippen molar-refractivity contribution in [1.82, 2.24) is 20.9 Å². The molecule has 3 N–H and O–H groups in total. The van der Waals surface area contributed by atoms with Gasteiger partial charge >= 0.3 is 6.03 Å². The molecule has 1 aliphatic carbocycles. The van der Waals surface area contributed by atoms with Gasteiger partial charge in [0.2, 0.25) is 5.91 Å². The molecule has 0 aromatic carbocycles. The zero-order valence-electron chi connectivity index (χ0n) is 15.2. The number of piperidine rings is 1. The fraction of sp³-hybridized carbons (Fsp3) is 0.882. The molecule has 0 aromatic heterocycles. The van der Waals surface area contributed by atoms with Crippen molar-refractivity contribution in [1.29, 1.82) is 0 Å². The molecule has 0 aromatic rings. The maximum Gasteiger partial charge on any atom is 0.317 e. The molecule has 2 fully saturated rings. The van der Waals surface area contributed by atoms with Gasteiger partial charge in [0.05, 0.1) is 12.5 Å². The predicted octanol–water partition coefficient (Wildman–Crippen LogP) is 1.12. The molecule has 1 aliphatic heterocycles. The van der Waals surface area contributed by atoms with Gasteiger partial charge in [-0.05, 0) is 25.7 Å². The van der Waals surface area contributed by atoms with Gasteiger partial charge in [0.25, 0.3) is 0 Å². The molecule has 2 aliphatic rings. The predicted molar refractivity (Wildman–Crippen MR) is 100 cm³/mol. The third-order valence-electron chi connectivity index (χ3n) is 4.85. The normalized spacial score (nSPS) is 20.8. The molecule has 146 valence electrons. The lowest BCUT2D eigenvalue weighted by Gasteiger charge is -2.33. The second-order valence-corrected chi connectivity index (χ2v) is 6.75. The summed E-state index contributed by atoms with van der Waals surface area (Å²) in [6, 6.07) is 0.325. The van der Waals surface area contributed by atoms with Crippen LogP contribution >= 0.6 is 12.4 Å². The maximum atomic E-state index is 12.3. The number of amides is 3. The summed E-state index contributed by atoms with van der Waals surface area (Å²) in [4.78, 5) is 26.4. The van der Waals surface area contributed by atoms with Crippen molar-refractivity contribution in [2.45, 2.75) is 44.6 Å². The summed E-state index contributed by atoms with van der Waals surface area (Å²) in [7, 11) is 1.67. The molecule has 8 heteroatoms. The van der Waals surface area contributed by atoms with Gasteiger partial charge in [-0.1, -0.05) is 12.8 Å². The fourth-order valence-corrected chi connectivity index (χ4v) is 3.43. The molecule has 2 rings (SSSR count). The van der Waals surface area contributed by atoms with Crippen molar-refractivity contribution in [3.8, 4) is 0 Å². The van der Waals surface area contributed by atoms with Crippen molar-refractivity contribution in [2.24, 2.45) is 5.92 Å². The van der Waals surface area contributed by atoms with E-state index in [9.17, 15) is 9.59 Å². The molecule has 1 atom stereocenters. The minimum Gasteiger partial charge on any atom is -0.383 e. The number of rotatable bonds is 8. The highest BCUT2D eigenvalue weighted by molar-refractivity contribution is 5.85. The van der Waals surface area contributed by atoms with Crippen LogP contribution in [-0.4, -0.2) is 69.3 Å². The number of methoxy groups -OCH3 is 1. The van der Waals surface area contributed by atoms with Crippen LogP contribution in [0, 0.1) is 5.92 Å². The summed E-state index contributed by atoms with van der Waals surface area (Å²) >= 11 is 0. The first-order valence-corrected chi connectivity index (χ1v) is 9.23. The molecule has 1 heterocycles. The van der Waals surface area contributed by atoms with E-state index in [1.54, 1.807) is 7.11 Å². The van der Waals surface area contributed by atoms with E-state index in [-0.39, 0.29) is 30.3 Å². The monoisotopic (exact) mass is 376 g/mol. The van der Waals surface area contributed by atoms with Gasteiger partial charge in [-0.3, -0.25) is 4.79 Å². The number of ether oxygens (including phenoxy) is 1. The van der Waals surface area contributed by atoms with E-state index in [1.807, 2.05) is 4.90 Å². The van der Waals surface area contributed by atoms with E-state index in [4.69, 9.17) is 4.74 Å². The first-order chi connectivity index (χ1) is 11.7. The zero-order chi connectivity index (χ0) is 17.2. The first kappa shape index (κ1) is 22.0. The molecule has 25 heavy (non-hydrogen) atoms. The molecule has 1 unspecified atom stereocenters. The van der Waals surface area contributed by atoms with E-state index >= 15 is 0 Å². The first-order valence-electron chi connectivity index (χ1n) is 9.23. The fourth-order valence-electron chi connectivity index (χ4n) is 3.43. The molecule has 1 saturated carbocycles. The maximum absolute atomic E-state index is 12.3. The molecule has 1 saturated heterocycles. The Labute approximate surface area is 157 Å². The molecular weight excluding hydrogens is 344 g/mol. The van der Waals surface area contributed by atoms with Crippen LogP contribution in [0.5, 0.6) is 0 Å². The number of carbonyl (C=O) groups excluding carboxylic acids is 2. The quantitative estimate of drug-likeness (QED) is 0.554. The number of nitrogens with zero attached hydrogens (tertiary/aromatic N) is 1. The highest BCUT2D eigenvalue weighted by Gasteiger charge is 2.29. The Morgan fingerprint density at radius 1 is 1.08 bits per heavy atom. The second-order valence-electron chi connectivity index (χ2n) is 6.75. The number of likely N-dealkylation sites (tertiary alicyclic amines) is 1. The van der Waals surface area contributed by atoms with Crippen LogP contribution in [0.1, 0.15) is 38.5 Å². The summed E-state index contributed by atoms with van der Waals surface area (Å²) in [5, 5.41) is 9.27. The lowest BCUT2D eigenvalue weighted by atomic mass is 9.97. The van der Waals surface area contributed by atoms with E-state index in [0.717, 1.165) is 45.3 Å². The van der Waals surface area contributed by atoms with Crippen LogP contribution < -0.4 is 16.0 Å². The van der Waals surface area contributed by atoms with E-state index in [0.29, 0.717) is 25.7 Å². The van der Waals surface area contributed by atoms with Gasteiger partial charge in [-0.15, -0.1) is 12.4 Å². The topological polar surface area (TPSA) is 82.7 Å². The Morgan fingerprint density at radius 2 is 1.84 bits per heavy atom. The largest absolute Gasteiger partial charge is 0.383 e. The van der Waals surface area contributed by atoms with E-state index in [1.165, 1.54) is 12.8 Å². The van der Waals surface area contributed by atoms with Crippen LogP contribution in [-0.2, 0) is 9.53 Å². The van der Waals surface area contributed by atoms with Crippen LogP contribution in [0.25, 0.3) is 0 Å². The minimum atomic E-state index is -0.0907. The SMILES string of the molecule is COCCNCCNC(=O)C1CCCN(C(=O)NC2CCCC2)C1.Cl. The number of hydrogen-bond acceptors (Lipinski definition) is 4. The third-order valence-corrected chi connectivity index (χ3v) is 4.85. The summed E-state index contributed by atoms with van der Waals surface area (Å²) < 4.78 is 4.95. The van der Waals surface area contributed by atoms with Gasteiger partial charge in [-0.2, -0.15) is 0 Å². The number of carbonyl (C=O) groups is 2. The Kier molecular flexibility index (Phi) is 10.8. The number of halogens is 1. The summed E-state index contributed by atoms with van der Waals surface area (Å²) in [6.45, 7) is 4.07. The average molecular weight is 377 g/mol. The highest BCUT2D eigenvalue weighted by Crippen LogP contribution is 2.20. The van der Waals surface area contributed by atoms with Gasteiger partial charge in [0, 0.05) is 45.9 Å². The van der Waals surface area contributed by atoms with Crippen LogP contribution in [0.15, 0.2) is 0 Å². The smallest absolute Gasteiger partial charge is 0.317 e. The van der Waals surface area contributed by atoms with Gasteiger partial charge in [-0.25, -0.2) is 4.79 Å². The summed E-state index contributed by atoms with van der Waals surface area (Å²) in [5.41, 5.74) is 0. The Balaban J connectivity index is 0.00000312. The average Bonchev–Trinajstić information content (AvgIpc) is 3.11. The molecule has 7 nitrogen and oxygen atoms in total. The Morgan fingerprint density at radius 3 is 2.56 bits per heavy atom. The number of urea groups is 1. The second kappa shape index (κ2) is 12.3. The standard InChI is InChI=1S/C17H32N4O3.ClH/c1-24-12-10-18-8-9-19-16(22)14-5-4-11-21(13-14)17(23)20-15-6-2-3-7-15;/h14-15,18H,2-13H2,1H3,(H,19,22)(H,20,23);1H.